The van der Waals surface area contributed by atoms with Crippen LogP contribution in [-0.2, 0) is 11.2 Å². The molecule has 0 unspecified atom stereocenters. The summed E-state index contributed by atoms with van der Waals surface area (Å²) in [5.74, 6) is -0.691. The van der Waals surface area contributed by atoms with Gasteiger partial charge in [0.2, 0.25) is 5.91 Å². The van der Waals surface area contributed by atoms with Gasteiger partial charge in [0.15, 0.2) is 11.5 Å². The lowest BCUT2D eigenvalue weighted by Crippen LogP contribution is -2.49. The van der Waals surface area contributed by atoms with Gasteiger partial charge in [0.25, 0.3) is 0 Å². The molecule has 1 aliphatic rings. The minimum atomic E-state index is -0.260. The lowest BCUT2D eigenvalue weighted by molar-refractivity contribution is -0.130. The minimum Gasteiger partial charge on any atom is -0.504 e. The minimum absolute atomic E-state index is 0.0150. The third-order valence-corrected chi connectivity index (χ3v) is 4.22. The zero-order chi connectivity index (χ0) is 17.1. The molecule has 0 radical (unpaired) electrons. The number of hydrogen-bond acceptors (Lipinski definition) is 4. The summed E-state index contributed by atoms with van der Waals surface area (Å²) in [6, 6.07) is 10.8. The highest BCUT2D eigenvalue weighted by molar-refractivity contribution is 5.79. The van der Waals surface area contributed by atoms with Crippen molar-refractivity contribution < 1.29 is 19.4 Å². The summed E-state index contributed by atoms with van der Waals surface area (Å²) in [6.45, 7) is 2.58. The van der Waals surface area contributed by atoms with Crippen LogP contribution in [-0.4, -0.2) is 47.2 Å². The maximum Gasteiger partial charge on any atom is 0.227 e. The fourth-order valence-electron chi connectivity index (χ4n) is 2.83. The van der Waals surface area contributed by atoms with Crippen molar-refractivity contribution in [2.75, 3.05) is 31.1 Å². The molecule has 24 heavy (non-hydrogen) atoms. The van der Waals surface area contributed by atoms with Crippen LogP contribution >= 0.6 is 0 Å². The Morgan fingerprint density at radius 3 is 2.25 bits per heavy atom. The van der Waals surface area contributed by atoms with E-state index in [4.69, 9.17) is 0 Å². The van der Waals surface area contributed by atoms with Crippen molar-refractivity contribution in [1.29, 1.82) is 0 Å². The smallest absolute Gasteiger partial charge is 0.227 e. The molecular weight excluding hydrogens is 311 g/mol. The molecule has 1 amide bonds. The molecule has 1 heterocycles. The fourth-order valence-corrected chi connectivity index (χ4v) is 2.83. The van der Waals surface area contributed by atoms with Crippen molar-refractivity contribution in [1.82, 2.24) is 4.90 Å². The van der Waals surface area contributed by atoms with E-state index >= 15 is 0 Å². The monoisotopic (exact) mass is 330 g/mol. The first-order valence-corrected chi connectivity index (χ1v) is 7.82. The number of carbonyl (C=O) groups excluding carboxylic acids is 1. The molecule has 0 aromatic heterocycles. The molecule has 1 fully saturated rings. The average Bonchev–Trinajstić information content (AvgIpc) is 2.59. The van der Waals surface area contributed by atoms with Gasteiger partial charge in [-0.25, -0.2) is 4.39 Å². The van der Waals surface area contributed by atoms with Gasteiger partial charge in [-0.3, -0.25) is 4.79 Å². The second-order valence-corrected chi connectivity index (χ2v) is 5.84. The summed E-state index contributed by atoms with van der Waals surface area (Å²) < 4.78 is 13.0. The number of benzene rings is 2. The van der Waals surface area contributed by atoms with Crippen molar-refractivity contribution in [2.45, 2.75) is 6.42 Å². The molecule has 5 nitrogen and oxygen atoms in total. The van der Waals surface area contributed by atoms with Crippen LogP contribution in [0, 0.1) is 5.82 Å². The van der Waals surface area contributed by atoms with Crippen molar-refractivity contribution in [3.63, 3.8) is 0 Å². The quantitative estimate of drug-likeness (QED) is 0.846. The van der Waals surface area contributed by atoms with E-state index in [-0.39, 0.29) is 29.6 Å². The summed E-state index contributed by atoms with van der Waals surface area (Å²) in [4.78, 5) is 16.3. The SMILES string of the molecule is O=C(Cc1ccc(O)c(O)c1)N1CCN(c2ccc(F)cc2)CC1. The van der Waals surface area contributed by atoms with Crippen LogP contribution in [0.1, 0.15) is 5.56 Å². The number of phenolic OH excluding ortho intramolecular Hbond substituents is 2. The van der Waals surface area contributed by atoms with E-state index in [2.05, 4.69) is 4.90 Å². The number of anilines is 1. The molecule has 0 spiro atoms. The van der Waals surface area contributed by atoms with Crippen LogP contribution in [0.5, 0.6) is 11.5 Å². The second kappa shape index (κ2) is 6.78. The predicted octanol–water partition coefficient (Wildman–Crippen LogP) is 2.13. The van der Waals surface area contributed by atoms with Crippen LogP contribution in [0.4, 0.5) is 10.1 Å². The molecule has 1 aliphatic heterocycles. The molecule has 0 saturated carbocycles. The molecule has 3 rings (SSSR count). The lowest BCUT2D eigenvalue weighted by Gasteiger charge is -2.36. The van der Waals surface area contributed by atoms with Crippen molar-refractivity contribution >= 4 is 11.6 Å². The van der Waals surface area contributed by atoms with Crippen molar-refractivity contribution in [3.8, 4) is 11.5 Å². The van der Waals surface area contributed by atoms with E-state index in [1.165, 1.54) is 24.3 Å². The number of amides is 1. The zero-order valence-electron chi connectivity index (χ0n) is 13.2. The molecule has 0 atom stereocenters. The van der Waals surface area contributed by atoms with Crippen LogP contribution in [0.25, 0.3) is 0 Å². The number of rotatable bonds is 3. The van der Waals surface area contributed by atoms with Crippen LogP contribution < -0.4 is 4.90 Å². The predicted molar refractivity (Wildman–Crippen MR) is 88.7 cm³/mol. The third-order valence-electron chi connectivity index (χ3n) is 4.22. The fraction of sp³-hybridized carbons (Fsp3) is 0.278. The van der Waals surface area contributed by atoms with E-state index in [1.807, 2.05) is 0 Å². The summed E-state index contributed by atoms with van der Waals surface area (Å²) in [6.07, 6.45) is 0.185. The van der Waals surface area contributed by atoms with E-state index in [0.29, 0.717) is 31.7 Å². The number of aromatic hydroxyl groups is 2. The summed E-state index contributed by atoms with van der Waals surface area (Å²) in [7, 11) is 0. The lowest BCUT2D eigenvalue weighted by atomic mass is 10.1. The maximum atomic E-state index is 13.0. The van der Waals surface area contributed by atoms with E-state index in [0.717, 1.165) is 5.69 Å². The Morgan fingerprint density at radius 2 is 1.62 bits per heavy atom. The van der Waals surface area contributed by atoms with Gasteiger partial charge in [-0.2, -0.15) is 0 Å². The molecule has 0 aliphatic carbocycles. The molecule has 1 saturated heterocycles. The van der Waals surface area contributed by atoms with Gasteiger partial charge >= 0.3 is 0 Å². The van der Waals surface area contributed by atoms with Gasteiger partial charge in [0.1, 0.15) is 5.82 Å². The number of carbonyl (C=O) groups is 1. The molecular formula is C18H19FN2O3. The highest BCUT2D eigenvalue weighted by Crippen LogP contribution is 2.25. The maximum absolute atomic E-state index is 13.0. The Hall–Kier alpha value is -2.76. The Balaban J connectivity index is 1.56. The summed E-state index contributed by atoms with van der Waals surface area (Å²) in [5, 5.41) is 18.8. The topological polar surface area (TPSA) is 64.0 Å². The number of nitrogens with zero attached hydrogens (tertiary/aromatic N) is 2. The van der Waals surface area contributed by atoms with Crippen molar-refractivity contribution in [3.05, 3.63) is 53.8 Å². The van der Waals surface area contributed by atoms with Gasteiger partial charge in [-0.1, -0.05) is 6.07 Å². The van der Waals surface area contributed by atoms with Gasteiger partial charge in [-0.15, -0.1) is 0 Å². The average molecular weight is 330 g/mol. The summed E-state index contributed by atoms with van der Waals surface area (Å²) >= 11 is 0. The Morgan fingerprint density at radius 1 is 0.958 bits per heavy atom. The molecule has 0 bridgehead atoms. The first-order valence-electron chi connectivity index (χ1n) is 7.82. The van der Waals surface area contributed by atoms with Gasteiger partial charge in [0, 0.05) is 31.9 Å². The molecule has 126 valence electrons. The second-order valence-electron chi connectivity index (χ2n) is 5.84. The first-order chi connectivity index (χ1) is 11.5. The molecule has 2 aromatic rings. The number of piperazine rings is 1. The Kier molecular flexibility index (Phi) is 4.55. The summed E-state index contributed by atoms with van der Waals surface area (Å²) in [5.41, 5.74) is 1.61. The largest absolute Gasteiger partial charge is 0.504 e. The normalized spacial score (nSPS) is 14.7. The molecule has 2 N–H and O–H groups in total. The Bertz CT molecular complexity index is 726. The standard InChI is InChI=1S/C18H19FN2O3/c19-14-2-4-15(5-3-14)20-7-9-21(10-8-20)18(24)12-13-1-6-16(22)17(23)11-13/h1-6,11,22-23H,7-10,12H2. The van der Waals surface area contributed by atoms with Gasteiger partial charge in [-0.05, 0) is 42.0 Å². The van der Waals surface area contributed by atoms with Crippen LogP contribution in [0.2, 0.25) is 0 Å². The number of hydrogen-bond donors (Lipinski definition) is 2. The third kappa shape index (κ3) is 3.59. The van der Waals surface area contributed by atoms with E-state index in [1.54, 1.807) is 23.1 Å². The number of halogens is 1. The van der Waals surface area contributed by atoms with Crippen LogP contribution in [0.15, 0.2) is 42.5 Å². The van der Waals surface area contributed by atoms with E-state index in [9.17, 15) is 19.4 Å². The van der Waals surface area contributed by atoms with E-state index < -0.39 is 0 Å². The number of phenols is 2. The van der Waals surface area contributed by atoms with Gasteiger partial charge < -0.3 is 20.0 Å². The highest BCUT2D eigenvalue weighted by Gasteiger charge is 2.21. The van der Waals surface area contributed by atoms with Gasteiger partial charge in [0.05, 0.1) is 6.42 Å². The molecule has 2 aromatic carbocycles. The highest BCUT2D eigenvalue weighted by atomic mass is 19.1. The van der Waals surface area contributed by atoms with Crippen LogP contribution in [0.3, 0.4) is 0 Å². The Labute approximate surface area is 139 Å². The first kappa shape index (κ1) is 16.1. The zero-order valence-corrected chi connectivity index (χ0v) is 13.2. The van der Waals surface area contributed by atoms with Crippen molar-refractivity contribution in [2.24, 2.45) is 0 Å². The molecule has 6 heteroatoms.